The minimum atomic E-state index is -0.190. The predicted molar refractivity (Wildman–Crippen MR) is 103 cm³/mol. The van der Waals surface area contributed by atoms with Gasteiger partial charge in [-0.05, 0) is 86.5 Å². The van der Waals surface area contributed by atoms with E-state index in [1.807, 2.05) is 0 Å². The highest BCUT2D eigenvalue weighted by Crippen LogP contribution is 2.66. The van der Waals surface area contributed by atoms with Crippen LogP contribution in [0.25, 0.3) is 0 Å². The second-order valence-corrected chi connectivity index (χ2v) is 10.0. The third-order valence-corrected chi connectivity index (χ3v) is 8.71. The van der Waals surface area contributed by atoms with Crippen LogP contribution in [0.4, 0.5) is 0 Å². The molecule has 4 nitrogen and oxygen atoms in total. The smallest absolute Gasteiger partial charge is 0.307 e. The Morgan fingerprint density at radius 1 is 1.00 bits per heavy atom. The average molecular weight is 375 g/mol. The number of carbonyl (C=O) groups excluding carboxylic acids is 2. The third-order valence-electron chi connectivity index (χ3n) is 8.71. The van der Waals surface area contributed by atoms with Crippen LogP contribution in [0.5, 0.6) is 0 Å². The minimum Gasteiger partial charge on any atom is -0.463 e. The van der Waals surface area contributed by atoms with Gasteiger partial charge in [0.05, 0.1) is 0 Å². The third kappa shape index (κ3) is 3.03. The van der Waals surface area contributed by atoms with Crippen LogP contribution in [-0.2, 0) is 19.1 Å². The largest absolute Gasteiger partial charge is 0.463 e. The molecule has 0 aromatic rings. The summed E-state index contributed by atoms with van der Waals surface area (Å²) >= 11 is 0. The molecule has 7 atom stereocenters. The molecule has 4 heteroatoms. The van der Waals surface area contributed by atoms with Crippen LogP contribution in [0.2, 0.25) is 0 Å². The highest BCUT2D eigenvalue weighted by molar-refractivity contribution is 5.67. The Morgan fingerprint density at radius 2 is 1.78 bits per heavy atom. The number of allylic oxidation sites excluding steroid dienone is 2. The number of esters is 2. The van der Waals surface area contributed by atoms with Crippen molar-refractivity contribution in [2.75, 3.05) is 0 Å². The molecule has 0 saturated heterocycles. The van der Waals surface area contributed by atoms with E-state index in [9.17, 15) is 9.59 Å². The maximum atomic E-state index is 11.5. The quantitative estimate of drug-likeness (QED) is 0.637. The zero-order valence-electron chi connectivity index (χ0n) is 17.3. The molecular formula is C23H34O4. The first kappa shape index (κ1) is 19.0. The molecule has 0 spiro atoms. The van der Waals surface area contributed by atoms with Crippen molar-refractivity contribution in [3.8, 4) is 0 Å². The average Bonchev–Trinajstić information content (AvgIpc) is 2.91. The van der Waals surface area contributed by atoms with Gasteiger partial charge >= 0.3 is 11.9 Å². The first-order valence-electron chi connectivity index (χ1n) is 10.8. The Kier molecular flexibility index (Phi) is 4.67. The second-order valence-electron chi connectivity index (χ2n) is 10.0. The molecule has 150 valence electrons. The first-order valence-corrected chi connectivity index (χ1v) is 10.8. The van der Waals surface area contributed by atoms with E-state index in [-0.39, 0.29) is 23.5 Å². The number of fused-ring (bicyclic) bond motifs is 5. The van der Waals surface area contributed by atoms with Crippen molar-refractivity contribution < 1.29 is 19.1 Å². The van der Waals surface area contributed by atoms with Crippen LogP contribution < -0.4 is 0 Å². The van der Waals surface area contributed by atoms with Crippen molar-refractivity contribution in [1.29, 1.82) is 0 Å². The molecule has 4 aliphatic rings. The summed E-state index contributed by atoms with van der Waals surface area (Å²) in [5, 5.41) is 0. The number of hydrogen-bond donors (Lipinski definition) is 0. The lowest BCUT2D eigenvalue weighted by molar-refractivity contribution is -0.159. The summed E-state index contributed by atoms with van der Waals surface area (Å²) in [6.45, 7) is 7.87. The Hall–Kier alpha value is -1.32. The van der Waals surface area contributed by atoms with Gasteiger partial charge < -0.3 is 9.47 Å². The van der Waals surface area contributed by atoms with Crippen molar-refractivity contribution in [2.45, 2.75) is 85.2 Å². The fourth-order valence-corrected chi connectivity index (χ4v) is 7.40. The van der Waals surface area contributed by atoms with E-state index in [0.29, 0.717) is 17.3 Å². The monoisotopic (exact) mass is 374 g/mol. The van der Waals surface area contributed by atoms with Crippen LogP contribution in [-0.4, -0.2) is 18.0 Å². The Morgan fingerprint density at radius 3 is 2.48 bits per heavy atom. The predicted octanol–water partition coefficient (Wildman–Crippen LogP) is 5.02. The zero-order valence-corrected chi connectivity index (χ0v) is 17.3. The maximum absolute atomic E-state index is 11.5. The molecular weight excluding hydrogens is 340 g/mol. The van der Waals surface area contributed by atoms with Gasteiger partial charge in [0.2, 0.25) is 0 Å². The minimum absolute atomic E-state index is 0.0327. The van der Waals surface area contributed by atoms with Crippen LogP contribution >= 0.6 is 0 Å². The summed E-state index contributed by atoms with van der Waals surface area (Å²) in [4.78, 5) is 22.9. The van der Waals surface area contributed by atoms with E-state index in [2.05, 4.69) is 19.9 Å². The van der Waals surface area contributed by atoms with Gasteiger partial charge in [0.25, 0.3) is 0 Å². The van der Waals surface area contributed by atoms with Crippen molar-refractivity contribution >= 4 is 11.9 Å². The van der Waals surface area contributed by atoms with Crippen molar-refractivity contribution in [1.82, 2.24) is 0 Å². The van der Waals surface area contributed by atoms with Gasteiger partial charge in [-0.1, -0.05) is 13.8 Å². The standard InChI is InChI=1S/C23H34O4/c1-14(24)26-17-9-11-22(3)16(13-17)5-6-18-19-7-8-21(27-15(2)25)23(19,4)12-10-20(18)22/h8,16-20H,5-7,9-13H2,1-4H3/t16-,17+,18+,19+,20+,22+,23+/m1/s1. The topological polar surface area (TPSA) is 52.6 Å². The molecule has 0 aromatic heterocycles. The number of carbonyl (C=O) groups is 2. The number of hydrogen-bond acceptors (Lipinski definition) is 4. The first-order chi connectivity index (χ1) is 12.7. The zero-order chi connectivity index (χ0) is 19.4. The van der Waals surface area contributed by atoms with Gasteiger partial charge in [0.1, 0.15) is 11.9 Å². The van der Waals surface area contributed by atoms with E-state index in [0.717, 1.165) is 43.3 Å². The van der Waals surface area contributed by atoms with Gasteiger partial charge in [-0.2, -0.15) is 0 Å². The SMILES string of the molecule is CC(=O)OC1=CC[C@H]2[C@@H]3CC[C@@H]4C[C@@H](OC(C)=O)CC[C@]4(C)[C@H]3CC[C@]12C. The Bertz CT molecular complexity index is 667. The lowest BCUT2D eigenvalue weighted by Crippen LogP contribution is -2.54. The second kappa shape index (κ2) is 6.63. The van der Waals surface area contributed by atoms with Gasteiger partial charge in [-0.15, -0.1) is 0 Å². The summed E-state index contributed by atoms with van der Waals surface area (Å²) in [6, 6.07) is 0. The summed E-state index contributed by atoms with van der Waals surface area (Å²) in [6.07, 6.45) is 11.4. The molecule has 27 heavy (non-hydrogen) atoms. The van der Waals surface area contributed by atoms with Crippen LogP contribution in [0.1, 0.15) is 79.1 Å². The molecule has 0 unspecified atom stereocenters. The number of ether oxygens (including phenoxy) is 2. The van der Waals surface area contributed by atoms with E-state index >= 15 is 0 Å². The molecule has 0 heterocycles. The summed E-state index contributed by atoms with van der Waals surface area (Å²) in [5.74, 6) is 3.35. The lowest BCUT2D eigenvalue weighted by Gasteiger charge is -2.60. The van der Waals surface area contributed by atoms with Crippen LogP contribution in [0, 0.1) is 34.5 Å². The molecule has 4 aliphatic carbocycles. The van der Waals surface area contributed by atoms with Crippen molar-refractivity contribution in [3.63, 3.8) is 0 Å². The van der Waals surface area contributed by atoms with E-state index < -0.39 is 0 Å². The van der Waals surface area contributed by atoms with Gasteiger partial charge in [-0.25, -0.2) is 0 Å². The van der Waals surface area contributed by atoms with Crippen LogP contribution in [0.3, 0.4) is 0 Å². The lowest BCUT2D eigenvalue weighted by atomic mass is 9.45. The molecule has 4 rings (SSSR count). The van der Waals surface area contributed by atoms with E-state index in [4.69, 9.17) is 9.47 Å². The highest BCUT2D eigenvalue weighted by atomic mass is 16.5. The molecule has 0 bridgehead atoms. The molecule has 3 saturated carbocycles. The van der Waals surface area contributed by atoms with Gasteiger partial charge in [0, 0.05) is 19.3 Å². The van der Waals surface area contributed by atoms with Crippen LogP contribution in [0.15, 0.2) is 11.8 Å². The summed E-state index contributed by atoms with van der Waals surface area (Å²) in [7, 11) is 0. The molecule has 3 fully saturated rings. The van der Waals surface area contributed by atoms with E-state index in [1.165, 1.54) is 39.5 Å². The van der Waals surface area contributed by atoms with Crippen molar-refractivity contribution in [2.24, 2.45) is 34.5 Å². The molecule has 0 radical (unpaired) electrons. The highest BCUT2D eigenvalue weighted by Gasteiger charge is 2.59. The van der Waals surface area contributed by atoms with Crippen molar-refractivity contribution in [3.05, 3.63) is 11.8 Å². The fourth-order valence-electron chi connectivity index (χ4n) is 7.40. The Labute approximate surface area is 163 Å². The van der Waals surface area contributed by atoms with Gasteiger partial charge in [-0.3, -0.25) is 9.59 Å². The normalized spacial score (nSPS) is 45.8. The Balaban J connectivity index is 1.51. The van der Waals surface area contributed by atoms with E-state index in [1.54, 1.807) is 0 Å². The molecule has 0 amide bonds. The molecule has 0 aromatic carbocycles. The summed E-state index contributed by atoms with van der Waals surface area (Å²) in [5.41, 5.74) is 0.399. The molecule has 0 N–H and O–H groups in total. The van der Waals surface area contributed by atoms with Gasteiger partial charge in [0.15, 0.2) is 0 Å². The molecule has 0 aliphatic heterocycles. The summed E-state index contributed by atoms with van der Waals surface area (Å²) < 4.78 is 11.2. The maximum Gasteiger partial charge on any atom is 0.307 e. The number of rotatable bonds is 2. The fraction of sp³-hybridized carbons (Fsp3) is 0.826.